The van der Waals surface area contributed by atoms with Crippen LogP contribution in [-0.2, 0) is 9.53 Å². The Balaban J connectivity index is 1.69. The third kappa shape index (κ3) is 4.14. The number of nitrogens with one attached hydrogen (secondary N) is 3. The second-order valence-corrected chi connectivity index (χ2v) is 7.28. The third-order valence-electron chi connectivity index (χ3n) is 4.79. The largest absolute Gasteiger partial charge is 0.465 e. The second kappa shape index (κ2) is 8.48. The summed E-state index contributed by atoms with van der Waals surface area (Å²) >= 11 is 1.31. The fraction of sp³-hybridized carbons (Fsp3) is 0.444. The van der Waals surface area contributed by atoms with Gasteiger partial charge in [0.1, 0.15) is 42.5 Å². The Kier molecular flexibility index (Phi) is 6.08. The first-order valence-electron chi connectivity index (χ1n) is 8.83. The number of quaternary nitrogens is 2. The van der Waals surface area contributed by atoms with E-state index in [1.807, 2.05) is 0 Å². The second-order valence-electron chi connectivity index (χ2n) is 6.40. The molecule has 1 saturated heterocycles. The SMILES string of the molecule is CC[NH+]1CC[NH+](CC(=O)Nc2scc(-c3ccco3)c2C(=O)OC)CC1. The van der Waals surface area contributed by atoms with Gasteiger partial charge < -0.3 is 24.3 Å². The number of carbonyl (C=O) groups excluding carboxylic acids is 2. The summed E-state index contributed by atoms with van der Waals surface area (Å²) in [6, 6.07) is 3.54. The van der Waals surface area contributed by atoms with Crippen molar-refractivity contribution in [2.75, 3.05) is 51.7 Å². The van der Waals surface area contributed by atoms with Crippen LogP contribution in [0.2, 0.25) is 0 Å². The number of carbonyl (C=O) groups is 2. The zero-order chi connectivity index (χ0) is 18.5. The van der Waals surface area contributed by atoms with Crippen LogP contribution in [0.1, 0.15) is 17.3 Å². The van der Waals surface area contributed by atoms with Crippen molar-refractivity contribution in [2.45, 2.75) is 6.92 Å². The summed E-state index contributed by atoms with van der Waals surface area (Å²) in [5, 5.41) is 5.20. The molecule has 2 aromatic heterocycles. The van der Waals surface area contributed by atoms with Crippen LogP contribution in [0.15, 0.2) is 28.2 Å². The van der Waals surface area contributed by atoms with E-state index in [-0.39, 0.29) is 5.91 Å². The van der Waals surface area contributed by atoms with Gasteiger partial charge in [-0.3, -0.25) is 4.79 Å². The van der Waals surface area contributed by atoms with Gasteiger partial charge in [-0.25, -0.2) is 4.79 Å². The number of piperazine rings is 1. The molecular formula is C18H25N3O4S+2. The van der Waals surface area contributed by atoms with Gasteiger partial charge in [0.25, 0.3) is 5.91 Å². The first kappa shape index (κ1) is 18.6. The summed E-state index contributed by atoms with van der Waals surface area (Å²) < 4.78 is 10.3. The maximum atomic E-state index is 12.5. The van der Waals surface area contributed by atoms with E-state index in [0.29, 0.717) is 28.4 Å². The summed E-state index contributed by atoms with van der Waals surface area (Å²) in [7, 11) is 1.33. The van der Waals surface area contributed by atoms with Crippen LogP contribution in [0.5, 0.6) is 0 Å². The maximum absolute atomic E-state index is 12.5. The minimum absolute atomic E-state index is 0.0852. The summed E-state index contributed by atoms with van der Waals surface area (Å²) in [5.41, 5.74) is 0.978. The molecule has 1 fully saturated rings. The molecule has 0 atom stereocenters. The molecule has 1 aliphatic rings. The van der Waals surface area contributed by atoms with Crippen molar-refractivity contribution in [2.24, 2.45) is 0 Å². The van der Waals surface area contributed by atoms with Crippen LogP contribution < -0.4 is 15.1 Å². The van der Waals surface area contributed by atoms with Crippen LogP contribution in [0, 0.1) is 0 Å². The van der Waals surface area contributed by atoms with E-state index in [1.54, 1.807) is 28.7 Å². The van der Waals surface area contributed by atoms with Gasteiger partial charge in [-0.15, -0.1) is 11.3 Å². The molecule has 1 aliphatic heterocycles. The standard InChI is InChI=1S/C18H23N3O4S/c1-3-20-6-8-21(9-7-20)11-15(22)19-17-16(18(23)24-2)13(12-26-17)14-5-4-10-25-14/h4-5,10,12H,3,6-9,11H2,1-2H3,(H,19,22)/p+2. The number of esters is 1. The number of thiophene rings is 1. The Hall–Kier alpha value is -2.16. The van der Waals surface area contributed by atoms with Crippen molar-refractivity contribution in [3.63, 3.8) is 0 Å². The number of methoxy groups -OCH3 is 1. The molecule has 140 valence electrons. The van der Waals surface area contributed by atoms with Crippen LogP contribution in [0.25, 0.3) is 11.3 Å². The zero-order valence-corrected chi connectivity index (χ0v) is 15.9. The van der Waals surface area contributed by atoms with Crippen molar-refractivity contribution >= 4 is 28.2 Å². The van der Waals surface area contributed by atoms with Gasteiger partial charge in [-0.2, -0.15) is 0 Å². The lowest BCUT2D eigenvalue weighted by atomic mass is 10.1. The Bertz CT molecular complexity index is 749. The number of hydrogen-bond donors (Lipinski definition) is 3. The van der Waals surface area contributed by atoms with Crippen LogP contribution >= 0.6 is 11.3 Å². The van der Waals surface area contributed by atoms with E-state index in [4.69, 9.17) is 9.15 Å². The van der Waals surface area contributed by atoms with E-state index in [9.17, 15) is 9.59 Å². The van der Waals surface area contributed by atoms with Gasteiger partial charge in [-0.1, -0.05) is 0 Å². The van der Waals surface area contributed by atoms with Gasteiger partial charge >= 0.3 is 5.97 Å². The zero-order valence-electron chi connectivity index (χ0n) is 15.1. The Morgan fingerprint density at radius 3 is 2.62 bits per heavy atom. The predicted molar refractivity (Wildman–Crippen MR) is 98.8 cm³/mol. The van der Waals surface area contributed by atoms with Crippen molar-refractivity contribution in [1.29, 1.82) is 0 Å². The van der Waals surface area contributed by atoms with Gasteiger partial charge in [0.2, 0.25) is 0 Å². The number of likely N-dealkylation sites (N-methyl/N-ethyl adjacent to an activating group) is 1. The molecule has 0 bridgehead atoms. The average molecular weight is 379 g/mol. The Morgan fingerprint density at radius 2 is 2.00 bits per heavy atom. The van der Waals surface area contributed by atoms with Crippen molar-refractivity contribution < 1.29 is 28.5 Å². The van der Waals surface area contributed by atoms with Gasteiger partial charge in [0, 0.05) is 10.9 Å². The Morgan fingerprint density at radius 1 is 1.27 bits per heavy atom. The molecule has 7 nitrogen and oxygen atoms in total. The number of hydrogen-bond acceptors (Lipinski definition) is 5. The molecule has 0 unspecified atom stereocenters. The molecule has 3 heterocycles. The normalized spacial score (nSPS) is 19.9. The molecule has 0 radical (unpaired) electrons. The lowest BCUT2D eigenvalue weighted by Gasteiger charge is -2.28. The highest BCUT2D eigenvalue weighted by Crippen LogP contribution is 2.36. The predicted octanol–water partition coefficient (Wildman–Crippen LogP) is -0.463. The quantitative estimate of drug-likeness (QED) is 0.594. The molecule has 0 saturated carbocycles. The monoisotopic (exact) mass is 379 g/mol. The van der Waals surface area contributed by atoms with E-state index in [2.05, 4.69) is 12.2 Å². The van der Waals surface area contributed by atoms with Crippen molar-refractivity contribution in [3.8, 4) is 11.3 Å². The van der Waals surface area contributed by atoms with E-state index in [1.165, 1.54) is 23.3 Å². The van der Waals surface area contributed by atoms with Crippen LogP contribution in [0.4, 0.5) is 5.00 Å². The molecule has 3 N–H and O–H groups in total. The number of rotatable bonds is 6. The lowest BCUT2D eigenvalue weighted by molar-refractivity contribution is -1.01. The fourth-order valence-electron chi connectivity index (χ4n) is 3.25. The molecule has 2 aromatic rings. The number of ether oxygens (including phenoxy) is 1. The number of anilines is 1. The molecule has 3 rings (SSSR count). The smallest absolute Gasteiger partial charge is 0.341 e. The van der Waals surface area contributed by atoms with Crippen LogP contribution in [0.3, 0.4) is 0 Å². The summed E-state index contributed by atoms with van der Waals surface area (Å²) in [6.07, 6.45) is 1.55. The molecular weight excluding hydrogens is 354 g/mol. The highest BCUT2D eigenvalue weighted by molar-refractivity contribution is 7.15. The van der Waals surface area contributed by atoms with Gasteiger partial charge in [0.05, 0.1) is 19.9 Å². The van der Waals surface area contributed by atoms with Crippen molar-refractivity contribution in [3.05, 3.63) is 29.3 Å². The topological polar surface area (TPSA) is 77.4 Å². The minimum atomic E-state index is -0.486. The van der Waals surface area contributed by atoms with E-state index >= 15 is 0 Å². The molecule has 0 aromatic carbocycles. The molecule has 0 spiro atoms. The van der Waals surface area contributed by atoms with Crippen LogP contribution in [-0.4, -0.2) is 58.3 Å². The molecule has 1 amide bonds. The van der Waals surface area contributed by atoms with Gasteiger partial charge in [0.15, 0.2) is 6.54 Å². The first-order chi connectivity index (χ1) is 12.6. The number of amides is 1. The highest BCUT2D eigenvalue weighted by atomic mass is 32.1. The molecule has 8 heteroatoms. The highest BCUT2D eigenvalue weighted by Gasteiger charge is 2.27. The summed E-state index contributed by atoms with van der Waals surface area (Å²) in [4.78, 5) is 27.6. The fourth-order valence-corrected chi connectivity index (χ4v) is 4.21. The third-order valence-corrected chi connectivity index (χ3v) is 5.69. The summed E-state index contributed by atoms with van der Waals surface area (Å²) in [6.45, 7) is 7.89. The molecule has 0 aliphatic carbocycles. The first-order valence-corrected chi connectivity index (χ1v) is 9.71. The van der Waals surface area contributed by atoms with E-state index < -0.39 is 5.97 Å². The Labute approximate surface area is 156 Å². The minimum Gasteiger partial charge on any atom is -0.465 e. The van der Waals surface area contributed by atoms with E-state index in [0.717, 1.165) is 32.7 Å². The maximum Gasteiger partial charge on any atom is 0.341 e. The van der Waals surface area contributed by atoms with Gasteiger partial charge in [-0.05, 0) is 19.1 Å². The summed E-state index contributed by atoms with van der Waals surface area (Å²) in [5.74, 6) is 0.00448. The van der Waals surface area contributed by atoms with Crippen molar-refractivity contribution in [1.82, 2.24) is 0 Å². The lowest BCUT2D eigenvalue weighted by Crippen LogP contribution is -3.28. The average Bonchev–Trinajstić information content (AvgIpc) is 3.31. The molecule has 26 heavy (non-hydrogen) atoms. The number of furan rings is 1.